The van der Waals surface area contributed by atoms with E-state index in [0.717, 1.165) is 5.56 Å². The van der Waals surface area contributed by atoms with Crippen LogP contribution in [0.25, 0.3) is 5.70 Å². The molecular weight excluding hydrogens is 172 g/mol. The van der Waals surface area contributed by atoms with Gasteiger partial charge in [0.1, 0.15) is 0 Å². The Morgan fingerprint density at radius 3 is 2.29 bits per heavy atom. The van der Waals surface area contributed by atoms with Gasteiger partial charge in [0.2, 0.25) is 0 Å². The Labute approximate surface area is 85.7 Å². The van der Waals surface area contributed by atoms with Crippen molar-refractivity contribution >= 4 is 5.70 Å². The van der Waals surface area contributed by atoms with Crippen LogP contribution in [0.5, 0.6) is 0 Å². The van der Waals surface area contributed by atoms with E-state index < -0.39 is 0 Å². The van der Waals surface area contributed by atoms with E-state index in [0.29, 0.717) is 5.70 Å². The molecule has 74 valence electrons. The van der Waals surface area contributed by atoms with Crippen LogP contribution in [0, 0.1) is 0 Å². The quantitative estimate of drug-likeness (QED) is 0.632. The summed E-state index contributed by atoms with van der Waals surface area (Å²) in [7, 11) is 0. The summed E-state index contributed by atoms with van der Waals surface area (Å²) in [5.41, 5.74) is 1.62. The highest BCUT2D eigenvalue weighted by molar-refractivity contribution is 5.61. The molecule has 1 rings (SSSR count). The Kier molecular flexibility index (Phi) is 6.96. The third-order valence-corrected chi connectivity index (χ3v) is 1.37. The zero-order valence-electron chi connectivity index (χ0n) is 8.77. The number of nitrogens with zero attached hydrogens (tertiary/aromatic N) is 2. The second-order valence-corrected chi connectivity index (χ2v) is 2.21. The molecule has 0 atom stereocenters. The summed E-state index contributed by atoms with van der Waals surface area (Å²) in [6.07, 6.45) is 1.38. The van der Waals surface area contributed by atoms with E-state index in [1.807, 2.05) is 44.2 Å². The second kappa shape index (κ2) is 7.92. The van der Waals surface area contributed by atoms with Crippen LogP contribution in [0.15, 0.2) is 59.9 Å². The van der Waals surface area contributed by atoms with Crippen molar-refractivity contribution in [1.29, 1.82) is 0 Å². The highest BCUT2D eigenvalue weighted by Crippen LogP contribution is 2.12. The number of benzene rings is 1. The van der Waals surface area contributed by atoms with Crippen LogP contribution >= 0.6 is 0 Å². The van der Waals surface area contributed by atoms with Crippen molar-refractivity contribution in [3.05, 3.63) is 55.3 Å². The summed E-state index contributed by atoms with van der Waals surface area (Å²) in [4.78, 5) is 0. The van der Waals surface area contributed by atoms with Crippen molar-refractivity contribution in [2.45, 2.75) is 13.8 Å². The van der Waals surface area contributed by atoms with Gasteiger partial charge >= 0.3 is 0 Å². The minimum absolute atomic E-state index is 0.649. The van der Waals surface area contributed by atoms with Gasteiger partial charge in [0, 0.05) is 11.8 Å². The van der Waals surface area contributed by atoms with Crippen LogP contribution < -0.4 is 0 Å². The van der Waals surface area contributed by atoms with Crippen molar-refractivity contribution in [1.82, 2.24) is 0 Å². The van der Waals surface area contributed by atoms with Gasteiger partial charge in [-0.25, -0.2) is 0 Å². The normalized spacial score (nSPS) is 9.00. The van der Waals surface area contributed by atoms with Gasteiger partial charge in [0.15, 0.2) is 0 Å². The van der Waals surface area contributed by atoms with E-state index in [4.69, 9.17) is 0 Å². The Morgan fingerprint density at radius 2 is 1.79 bits per heavy atom. The highest BCUT2D eigenvalue weighted by atomic mass is 15.1. The molecule has 0 fully saturated rings. The summed E-state index contributed by atoms with van der Waals surface area (Å²) in [5.74, 6) is 0. The molecule has 0 aliphatic heterocycles. The summed E-state index contributed by atoms with van der Waals surface area (Å²) in [6, 6.07) is 9.68. The predicted molar refractivity (Wildman–Crippen MR) is 61.9 cm³/mol. The van der Waals surface area contributed by atoms with Gasteiger partial charge in [-0.2, -0.15) is 10.2 Å². The van der Waals surface area contributed by atoms with Crippen molar-refractivity contribution < 1.29 is 0 Å². The molecule has 0 radical (unpaired) electrons. The molecular formula is C12H16N2. The fourth-order valence-electron chi connectivity index (χ4n) is 0.799. The molecule has 0 amide bonds. The van der Waals surface area contributed by atoms with Gasteiger partial charge in [0.05, 0.1) is 5.70 Å². The Morgan fingerprint density at radius 1 is 1.21 bits per heavy atom. The lowest BCUT2D eigenvalue weighted by molar-refractivity contribution is 1.25. The molecule has 2 heteroatoms. The van der Waals surface area contributed by atoms with Gasteiger partial charge in [0.25, 0.3) is 0 Å². The first kappa shape index (κ1) is 12.3. The third-order valence-electron chi connectivity index (χ3n) is 1.37. The lowest BCUT2D eigenvalue weighted by Gasteiger charge is -1.95. The molecule has 0 aromatic heterocycles. The second-order valence-electron chi connectivity index (χ2n) is 2.21. The standard InChI is InChI=1S/C10H10N2.C2H6/c1-3-11-12-9(2)10-7-5-4-6-8-10;1-2/h3-8H,1-2H2;1-2H3. The first-order valence-corrected chi connectivity index (χ1v) is 4.60. The van der Waals surface area contributed by atoms with Crippen LogP contribution in [0.1, 0.15) is 19.4 Å². The smallest absolute Gasteiger partial charge is 0.0857 e. The molecule has 0 aliphatic rings. The topological polar surface area (TPSA) is 24.7 Å². The molecule has 0 saturated heterocycles. The van der Waals surface area contributed by atoms with Crippen LogP contribution in [-0.2, 0) is 0 Å². The molecule has 1 aromatic carbocycles. The maximum Gasteiger partial charge on any atom is 0.0857 e. The van der Waals surface area contributed by atoms with E-state index in [1.165, 1.54) is 6.20 Å². The minimum atomic E-state index is 0.649. The highest BCUT2D eigenvalue weighted by Gasteiger charge is 1.92. The Balaban J connectivity index is 0.000000791. The van der Waals surface area contributed by atoms with Gasteiger partial charge in [-0.15, -0.1) is 0 Å². The number of hydrogen-bond donors (Lipinski definition) is 0. The fourth-order valence-corrected chi connectivity index (χ4v) is 0.799. The van der Waals surface area contributed by atoms with Crippen molar-refractivity contribution in [2.75, 3.05) is 0 Å². The Hall–Kier alpha value is -1.70. The van der Waals surface area contributed by atoms with Crippen molar-refractivity contribution in [3.8, 4) is 0 Å². The van der Waals surface area contributed by atoms with Gasteiger partial charge < -0.3 is 0 Å². The van der Waals surface area contributed by atoms with E-state index in [9.17, 15) is 0 Å². The summed E-state index contributed by atoms with van der Waals surface area (Å²) >= 11 is 0. The van der Waals surface area contributed by atoms with Crippen molar-refractivity contribution in [2.24, 2.45) is 10.2 Å². The summed E-state index contributed by atoms with van der Waals surface area (Å²) in [6.45, 7) is 11.2. The zero-order valence-corrected chi connectivity index (χ0v) is 8.77. The molecule has 0 unspecified atom stereocenters. The van der Waals surface area contributed by atoms with E-state index in [2.05, 4.69) is 23.4 Å². The molecule has 14 heavy (non-hydrogen) atoms. The molecule has 0 heterocycles. The first-order valence-electron chi connectivity index (χ1n) is 4.60. The summed E-state index contributed by atoms with van der Waals surface area (Å²) < 4.78 is 0. The monoisotopic (exact) mass is 188 g/mol. The Bertz CT molecular complexity index is 299. The first-order chi connectivity index (χ1) is 6.84. The largest absolute Gasteiger partial charge is 0.159 e. The average Bonchev–Trinajstić information content (AvgIpc) is 2.30. The molecule has 0 aliphatic carbocycles. The lowest BCUT2D eigenvalue weighted by Crippen LogP contribution is -1.75. The van der Waals surface area contributed by atoms with Gasteiger partial charge in [-0.05, 0) is 0 Å². The van der Waals surface area contributed by atoms with E-state index >= 15 is 0 Å². The lowest BCUT2D eigenvalue weighted by atomic mass is 10.2. The molecule has 0 bridgehead atoms. The molecule has 0 spiro atoms. The number of hydrogen-bond acceptors (Lipinski definition) is 2. The SMILES string of the molecule is C=CN=NC(=C)c1ccccc1.CC. The molecule has 1 aromatic rings. The fraction of sp³-hybridized carbons (Fsp3) is 0.167. The minimum Gasteiger partial charge on any atom is -0.159 e. The average molecular weight is 188 g/mol. The number of azo groups is 1. The van der Waals surface area contributed by atoms with Crippen LogP contribution in [0.4, 0.5) is 0 Å². The van der Waals surface area contributed by atoms with Crippen LogP contribution in [-0.4, -0.2) is 0 Å². The third kappa shape index (κ3) is 4.36. The number of rotatable bonds is 3. The van der Waals surface area contributed by atoms with E-state index in [-0.39, 0.29) is 0 Å². The summed E-state index contributed by atoms with van der Waals surface area (Å²) in [5, 5.41) is 7.46. The maximum absolute atomic E-state index is 3.83. The maximum atomic E-state index is 3.83. The van der Waals surface area contributed by atoms with Crippen molar-refractivity contribution in [3.63, 3.8) is 0 Å². The van der Waals surface area contributed by atoms with E-state index in [1.54, 1.807) is 0 Å². The van der Waals surface area contributed by atoms with Crippen LogP contribution in [0.3, 0.4) is 0 Å². The van der Waals surface area contributed by atoms with Crippen LogP contribution in [0.2, 0.25) is 0 Å². The predicted octanol–water partition coefficient (Wildman–Crippen LogP) is 4.28. The molecule has 0 N–H and O–H groups in total. The zero-order chi connectivity index (χ0) is 10.8. The molecule has 2 nitrogen and oxygen atoms in total. The molecule has 0 saturated carbocycles. The van der Waals surface area contributed by atoms with Gasteiger partial charge in [-0.1, -0.05) is 57.3 Å². The van der Waals surface area contributed by atoms with Gasteiger partial charge in [-0.3, -0.25) is 0 Å².